The Morgan fingerprint density at radius 2 is 1.94 bits per heavy atom. The van der Waals surface area contributed by atoms with E-state index < -0.39 is 0 Å². The highest BCUT2D eigenvalue weighted by Crippen LogP contribution is 2.29. The number of hydrogen-bond donors (Lipinski definition) is 1. The minimum atomic E-state index is -0.316. The van der Waals surface area contributed by atoms with Gasteiger partial charge in [-0.1, -0.05) is 30.3 Å². The van der Waals surface area contributed by atoms with Gasteiger partial charge in [0, 0.05) is 36.3 Å². The molecule has 0 atom stereocenters. The van der Waals surface area contributed by atoms with E-state index >= 15 is 0 Å². The first kappa shape index (κ1) is 21.7. The molecule has 0 spiro atoms. The first-order chi connectivity index (χ1) is 16.1. The number of nitrogens with zero attached hydrogens (tertiary/aromatic N) is 3. The number of fused-ring (bicyclic) bond motifs is 1. The van der Waals surface area contributed by atoms with Crippen molar-refractivity contribution in [2.75, 3.05) is 11.9 Å². The van der Waals surface area contributed by atoms with E-state index in [0.717, 1.165) is 31.7 Å². The van der Waals surface area contributed by atoms with Gasteiger partial charge in [-0.3, -0.25) is 15.0 Å². The van der Waals surface area contributed by atoms with Crippen LogP contribution in [-0.4, -0.2) is 27.3 Å². The number of benzene rings is 2. The molecule has 6 nitrogen and oxygen atoms in total. The highest BCUT2D eigenvalue weighted by molar-refractivity contribution is 7.16. The minimum Gasteiger partial charge on any atom is -0.486 e. The van der Waals surface area contributed by atoms with Crippen molar-refractivity contribution >= 4 is 33.7 Å². The number of rotatable bonds is 7. The van der Waals surface area contributed by atoms with Gasteiger partial charge in [0.2, 0.25) is 0 Å². The van der Waals surface area contributed by atoms with Gasteiger partial charge in [0.05, 0.1) is 5.69 Å². The molecule has 0 saturated carbocycles. The molecule has 0 unspecified atom stereocenters. The van der Waals surface area contributed by atoms with Gasteiger partial charge in [0.25, 0.3) is 5.91 Å². The van der Waals surface area contributed by atoms with Crippen LogP contribution >= 0.6 is 22.7 Å². The molecule has 168 valence electrons. The van der Waals surface area contributed by atoms with Gasteiger partial charge in [-0.2, -0.15) is 0 Å². The molecule has 1 aliphatic rings. The molecule has 0 saturated heterocycles. The van der Waals surface area contributed by atoms with E-state index in [1.54, 1.807) is 17.5 Å². The zero-order valence-corrected chi connectivity index (χ0v) is 19.3. The number of ether oxygens (including phenoxy) is 1. The Morgan fingerprint density at radius 1 is 1.12 bits per heavy atom. The van der Waals surface area contributed by atoms with Gasteiger partial charge in [0.1, 0.15) is 28.9 Å². The smallest absolute Gasteiger partial charge is 0.276 e. The zero-order chi connectivity index (χ0) is 22.6. The lowest BCUT2D eigenvalue weighted by Crippen LogP contribution is -2.29. The number of thiazole rings is 2. The summed E-state index contributed by atoms with van der Waals surface area (Å²) in [6, 6.07) is 16.2. The minimum absolute atomic E-state index is 0.215. The van der Waals surface area contributed by atoms with Crippen molar-refractivity contribution in [2.45, 2.75) is 26.1 Å². The summed E-state index contributed by atoms with van der Waals surface area (Å²) in [5.74, 6) is -0.0536. The Hall–Kier alpha value is -3.14. The first-order valence-electron chi connectivity index (χ1n) is 10.5. The molecule has 2 aromatic carbocycles. The number of halogens is 1. The van der Waals surface area contributed by atoms with E-state index in [1.165, 1.54) is 45.2 Å². The molecule has 9 heteroatoms. The Labute approximate surface area is 198 Å². The molecule has 5 rings (SSSR count). The molecule has 33 heavy (non-hydrogen) atoms. The standard InChI is InChI=1S/C24H21FN4O2S2/c25-17-6-8-18(9-7-17)31-14-22-26-20(15-32-22)23(30)28-24-27-19-10-11-29(13-21(19)33-24)12-16-4-2-1-3-5-16/h1-9,15H,10-14H2,(H,27,28,30). The highest BCUT2D eigenvalue weighted by Gasteiger charge is 2.22. The van der Waals surface area contributed by atoms with Crippen molar-refractivity contribution in [1.82, 2.24) is 14.9 Å². The maximum atomic E-state index is 13.0. The zero-order valence-electron chi connectivity index (χ0n) is 17.7. The van der Waals surface area contributed by atoms with E-state index in [4.69, 9.17) is 4.74 Å². The van der Waals surface area contributed by atoms with E-state index in [9.17, 15) is 9.18 Å². The third-order valence-electron chi connectivity index (χ3n) is 5.24. The summed E-state index contributed by atoms with van der Waals surface area (Å²) in [6.07, 6.45) is 0.871. The first-order valence-corrected chi connectivity index (χ1v) is 12.2. The lowest BCUT2D eigenvalue weighted by atomic mass is 10.1. The van der Waals surface area contributed by atoms with Gasteiger partial charge in [0.15, 0.2) is 5.13 Å². The van der Waals surface area contributed by atoms with Crippen LogP contribution in [0.25, 0.3) is 0 Å². The molecule has 0 bridgehead atoms. The molecule has 4 aromatic rings. The topological polar surface area (TPSA) is 67.4 Å². The second-order valence-corrected chi connectivity index (χ2v) is 9.68. The van der Waals surface area contributed by atoms with Crippen LogP contribution in [0.3, 0.4) is 0 Å². The summed E-state index contributed by atoms with van der Waals surface area (Å²) >= 11 is 2.87. The van der Waals surface area contributed by atoms with Crippen molar-refractivity contribution in [3.63, 3.8) is 0 Å². The van der Waals surface area contributed by atoms with Crippen LogP contribution in [0.15, 0.2) is 60.0 Å². The summed E-state index contributed by atoms with van der Waals surface area (Å²) < 4.78 is 18.6. The van der Waals surface area contributed by atoms with E-state index in [0.29, 0.717) is 21.6 Å². The Balaban J connectivity index is 1.17. The highest BCUT2D eigenvalue weighted by atomic mass is 32.1. The van der Waals surface area contributed by atoms with Crippen molar-refractivity contribution in [1.29, 1.82) is 0 Å². The van der Waals surface area contributed by atoms with Gasteiger partial charge >= 0.3 is 0 Å². The predicted molar refractivity (Wildman–Crippen MR) is 127 cm³/mol. The van der Waals surface area contributed by atoms with Crippen LogP contribution in [0.2, 0.25) is 0 Å². The van der Waals surface area contributed by atoms with Crippen LogP contribution in [-0.2, 0) is 26.1 Å². The number of hydrogen-bond acceptors (Lipinski definition) is 7. The largest absolute Gasteiger partial charge is 0.486 e. The quantitative estimate of drug-likeness (QED) is 0.397. The number of carbonyl (C=O) groups is 1. The monoisotopic (exact) mass is 480 g/mol. The maximum Gasteiger partial charge on any atom is 0.276 e. The molecule has 1 amide bonds. The third kappa shape index (κ3) is 5.44. The Kier molecular flexibility index (Phi) is 6.43. The van der Waals surface area contributed by atoms with Crippen LogP contribution in [0.4, 0.5) is 9.52 Å². The summed E-state index contributed by atoms with van der Waals surface area (Å²) in [5, 5.41) is 5.85. The third-order valence-corrected chi connectivity index (χ3v) is 7.06. The Bertz CT molecular complexity index is 1240. The SMILES string of the molecule is O=C(Nc1nc2c(s1)CN(Cc1ccccc1)CC2)c1csc(COc2ccc(F)cc2)n1. The fourth-order valence-electron chi connectivity index (χ4n) is 3.60. The fraction of sp³-hybridized carbons (Fsp3) is 0.208. The predicted octanol–water partition coefficient (Wildman–Crippen LogP) is 5.13. The molecule has 0 aliphatic carbocycles. The molecule has 1 aliphatic heterocycles. The molecule has 2 aromatic heterocycles. The molecular weight excluding hydrogens is 459 g/mol. The van der Waals surface area contributed by atoms with Crippen LogP contribution < -0.4 is 10.1 Å². The van der Waals surface area contributed by atoms with E-state index in [-0.39, 0.29) is 18.3 Å². The van der Waals surface area contributed by atoms with Crippen molar-refractivity contribution in [2.24, 2.45) is 0 Å². The van der Waals surface area contributed by atoms with Crippen LogP contribution in [0, 0.1) is 5.82 Å². The van der Waals surface area contributed by atoms with Crippen molar-refractivity contribution in [3.8, 4) is 5.75 Å². The average molecular weight is 481 g/mol. The summed E-state index contributed by atoms with van der Waals surface area (Å²) in [4.78, 5) is 25.2. The summed E-state index contributed by atoms with van der Waals surface area (Å²) in [6.45, 7) is 2.90. The molecule has 0 radical (unpaired) electrons. The molecule has 3 heterocycles. The van der Waals surface area contributed by atoms with Gasteiger partial charge in [-0.25, -0.2) is 14.4 Å². The lowest BCUT2D eigenvalue weighted by molar-refractivity contribution is 0.102. The van der Waals surface area contributed by atoms with Gasteiger partial charge in [-0.05, 0) is 29.8 Å². The van der Waals surface area contributed by atoms with E-state index in [2.05, 4.69) is 44.5 Å². The number of anilines is 1. The average Bonchev–Trinajstić information content (AvgIpc) is 3.46. The number of aromatic nitrogens is 2. The molecule has 1 N–H and O–H groups in total. The van der Waals surface area contributed by atoms with Crippen LogP contribution in [0.5, 0.6) is 5.75 Å². The van der Waals surface area contributed by atoms with Gasteiger partial charge in [-0.15, -0.1) is 22.7 Å². The van der Waals surface area contributed by atoms with E-state index in [1.807, 2.05) is 6.07 Å². The fourth-order valence-corrected chi connectivity index (χ4v) is 5.33. The second-order valence-electron chi connectivity index (χ2n) is 7.66. The van der Waals surface area contributed by atoms with Crippen molar-refractivity contribution in [3.05, 3.63) is 92.6 Å². The summed E-state index contributed by atoms with van der Waals surface area (Å²) in [5.41, 5.74) is 2.68. The molecule has 0 fully saturated rings. The Morgan fingerprint density at radius 3 is 2.76 bits per heavy atom. The summed E-state index contributed by atoms with van der Waals surface area (Å²) in [7, 11) is 0. The van der Waals surface area contributed by atoms with Gasteiger partial charge < -0.3 is 4.74 Å². The lowest BCUT2D eigenvalue weighted by Gasteiger charge is -2.25. The number of amides is 1. The second kappa shape index (κ2) is 9.78. The molecular formula is C24H21FN4O2S2. The maximum absolute atomic E-state index is 13.0. The normalized spacial score (nSPS) is 13.5. The van der Waals surface area contributed by atoms with Crippen LogP contribution in [0.1, 0.15) is 31.6 Å². The van der Waals surface area contributed by atoms with Crippen molar-refractivity contribution < 1.29 is 13.9 Å². The number of carbonyl (C=O) groups excluding carboxylic acids is 1. The number of nitrogens with one attached hydrogen (secondary N) is 1.